The lowest BCUT2D eigenvalue weighted by atomic mass is 10.0. The van der Waals surface area contributed by atoms with Gasteiger partial charge in [0.25, 0.3) is 5.91 Å². The number of hydrogen-bond donors (Lipinski definition) is 2. The molecule has 1 atom stereocenters. The molecule has 228 valence electrons. The predicted octanol–water partition coefficient (Wildman–Crippen LogP) is 4.17. The Hall–Kier alpha value is -4.25. The van der Waals surface area contributed by atoms with Crippen molar-refractivity contribution in [3.05, 3.63) is 81.4 Å². The number of rotatable bonds is 4. The Balaban J connectivity index is 0.000000301. The molecule has 2 fully saturated rings. The normalized spacial score (nSPS) is 18.2. The first-order chi connectivity index (χ1) is 21.3. The van der Waals surface area contributed by atoms with Crippen molar-refractivity contribution in [3.8, 4) is 28.3 Å². The van der Waals surface area contributed by atoms with Crippen molar-refractivity contribution < 1.29 is 18.7 Å². The lowest BCUT2D eigenvalue weighted by Crippen LogP contribution is -2.36. The van der Waals surface area contributed by atoms with Crippen LogP contribution in [0.4, 0.5) is 10.1 Å². The smallest absolute Gasteiger partial charge is 0.254 e. The Kier molecular flexibility index (Phi) is 7.36. The van der Waals surface area contributed by atoms with Gasteiger partial charge in [-0.05, 0) is 66.3 Å². The third kappa shape index (κ3) is 4.83. The van der Waals surface area contributed by atoms with E-state index in [0.717, 1.165) is 55.8 Å². The number of nitrogens with two attached hydrogens (primary N) is 2. The van der Waals surface area contributed by atoms with E-state index in [-0.39, 0.29) is 28.4 Å². The van der Waals surface area contributed by atoms with Gasteiger partial charge in [-0.2, -0.15) is 0 Å². The number of pyridine rings is 1. The monoisotopic (exact) mass is 597 g/mol. The summed E-state index contributed by atoms with van der Waals surface area (Å²) < 4.78 is 28.9. The van der Waals surface area contributed by atoms with Crippen molar-refractivity contribution in [2.75, 3.05) is 50.8 Å². The number of aromatic nitrogens is 1. The zero-order chi connectivity index (χ0) is 30.5. The Labute approximate surface area is 254 Å². The van der Waals surface area contributed by atoms with E-state index in [0.29, 0.717) is 30.0 Å². The van der Waals surface area contributed by atoms with Gasteiger partial charge in [-0.15, -0.1) is 0 Å². The second-order valence-electron chi connectivity index (χ2n) is 11.9. The predicted molar refractivity (Wildman–Crippen MR) is 169 cm³/mol. The first-order valence-corrected chi connectivity index (χ1v) is 15.3. The van der Waals surface area contributed by atoms with Crippen LogP contribution in [0.1, 0.15) is 41.3 Å². The Morgan fingerprint density at radius 3 is 2.59 bits per heavy atom. The van der Waals surface area contributed by atoms with E-state index in [9.17, 15) is 9.59 Å². The fraction of sp³-hybridized carbons (Fsp3) is 0.353. The highest BCUT2D eigenvalue weighted by molar-refractivity contribution is 6.01. The number of morpholine rings is 1. The Morgan fingerprint density at radius 2 is 1.86 bits per heavy atom. The van der Waals surface area contributed by atoms with Crippen LogP contribution in [0, 0.1) is 5.82 Å². The van der Waals surface area contributed by atoms with Crippen LogP contribution in [-0.4, -0.2) is 67.4 Å². The highest BCUT2D eigenvalue weighted by Crippen LogP contribution is 2.50. The fourth-order valence-corrected chi connectivity index (χ4v) is 6.83. The summed E-state index contributed by atoms with van der Waals surface area (Å²) in [6.07, 6.45) is 4.20. The first-order valence-electron chi connectivity index (χ1n) is 15.3. The number of amides is 1. The molecule has 3 aromatic carbocycles. The first kappa shape index (κ1) is 28.5. The minimum Gasteiger partial charge on any atom is -0.451 e. The van der Waals surface area contributed by atoms with Crippen LogP contribution in [0.25, 0.3) is 27.7 Å². The highest BCUT2D eigenvalue weighted by Gasteiger charge is 2.33. The average molecular weight is 598 g/mol. The van der Waals surface area contributed by atoms with Gasteiger partial charge in [0.2, 0.25) is 5.43 Å². The molecule has 2 saturated heterocycles. The number of nitrogens with zero attached hydrogens (tertiary/aromatic N) is 3. The number of carbonyl (C=O) groups is 1. The third-order valence-electron chi connectivity index (χ3n) is 8.97. The molecule has 1 amide bonds. The molecule has 1 aliphatic carbocycles. The molecular weight excluding hydrogens is 561 g/mol. The number of benzene rings is 3. The quantitative estimate of drug-likeness (QED) is 0.313. The van der Waals surface area contributed by atoms with Gasteiger partial charge in [-0.1, -0.05) is 31.2 Å². The molecule has 10 heteroatoms. The van der Waals surface area contributed by atoms with E-state index >= 15 is 4.39 Å². The summed E-state index contributed by atoms with van der Waals surface area (Å²) in [6, 6.07) is 13.3. The van der Waals surface area contributed by atoms with Crippen LogP contribution in [0.2, 0.25) is 0 Å². The van der Waals surface area contributed by atoms with Crippen LogP contribution in [0.3, 0.4) is 0 Å². The molecule has 1 unspecified atom stereocenters. The van der Waals surface area contributed by atoms with Gasteiger partial charge < -0.3 is 30.4 Å². The van der Waals surface area contributed by atoms with Gasteiger partial charge in [-0.3, -0.25) is 14.5 Å². The maximum absolute atomic E-state index is 15.6. The SMILES string of the molecule is CCCN1CCOCC1.NC(=O)c1cn2c3c(c(N4CCC(N)C4)c(F)cc3c1=O)Oc1cc3c(cc1-2)-c1ccccc1C3. The number of ether oxygens (including phenoxy) is 2. The van der Waals surface area contributed by atoms with E-state index in [1.54, 1.807) is 4.57 Å². The number of hydrogen-bond acceptors (Lipinski definition) is 7. The molecule has 0 radical (unpaired) electrons. The van der Waals surface area contributed by atoms with Crippen LogP contribution >= 0.6 is 0 Å². The maximum Gasteiger partial charge on any atom is 0.254 e. The summed E-state index contributed by atoms with van der Waals surface area (Å²) in [7, 11) is 0. The van der Waals surface area contributed by atoms with Gasteiger partial charge >= 0.3 is 0 Å². The minimum atomic E-state index is -0.864. The third-order valence-corrected chi connectivity index (χ3v) is 8.97. The van der Waals surface area contributed by atoms with Gasteiger partial charge in [-0.25, -0.2) is 4.39 Å². The van der Waals surface area contributed by atoms with Crippen LogP contribution in [0.15, 0.2) is 53.5 Å². The van der Waals surface area contributed by atoms with E-state index in [1.165, 1.54) is 30.8 Å². The van der Waals surface area contributed by atoms with Crippen molar-refractivity contribution in [2.24, 2.45) is 11.5 Å². The minimum absolute atomic E-state index is 0.0487. The number of carbonyl (C=O) groups excluding carboxylic acids is 1. The summed E-state index contributed by atoms with van der Waals surface area (Å²) in [5.74, 6) is -0.675. The Bertz CT molecular complexity index is 1850. The summed E-state index contributed by atoms with van der Waals surface area (Å²) >= 11 is 0. The average Bonchev–Trinajstić information content (AvgIpc) is 3.61. The van der Waals surface area contributed by atoms with Crippen molar-refractivity contribution in [3.63, 3.8) is 0 Å². The van der Waals surface area contributed by atoms with Crippen LogP contribution < -0.4 is 26.5 Å². The molecule has 0 bridgehead atoms. The van der Waals surface area contributed by atoms with Gasteiger partial charge in [0.05, 0.1) is 24.3 Å². The van der Waals surface area contributed by atoms with Gasteiger partial charge in [0.1, 0.15) is 16.8 Å². The second kappa shape index (κ2) is 11.4. The molecule has 9 nitrogen and oxygen atoms in total. The number of fused-ring (bicyclic) bond motifs is 5. The Morgan fingerprint density at radius 1 is 1.07 bits per heavy atom. The van der Waals surface area contributed by atoms with Crippen molar-refractivity contribution >= 4 is 22.5 Å². The number of anilines is 1. The molecule has 4 aliphatic rings. The molecule has 3 aliphatic heterocycles. The molecule has 4 N–H and O–H groups in total. The molecule has 8 rings (SSSR count). The fourth-order valence-electron chi connectivity index (χ4n) is 6.83. The molecule has 0 saturated carbocycles. The van der Waals surface area contributed by atoms with E-state index in [2.05, 4.69) is 24.0 Å². The summed E-state index contributed by atoms with van der Waals surface area (Å²) in [5.41, 5.74) is 16.7. The topological polar surface area (TPSA) is 116 Å². The van der Waals surface area contributed by atoms with Crippen molar-refractivity contribution in [1.82, 2.24) is 9.47 Å². The second-order valence-corrected chi connectivity index (χ2v) is 11.9. The van der Waals surface area contributed by atoms with E-state index in [4.69, 9.17) is 20.9 Å². The lowest BCUT2D eigenvalue weighted by molar-refractivity contribution is 0.0380. The summed E-state index contributed by atoms with van der Waals surface area (Å²) in [5, 5.41) is 0.0487. The molecule has 1 aromatic heterocycles. The van der Waals surface area contributed by atoms with E-state index < -0.39 is 17.2 Å². The van der Waals surface area contributed by atoms with Crippen LogP contribution in [0.5, 0.6) is 11.5 Å². The van der Waals surface area contributed by atoms with Crippen molar-refractivity contribution in [2.45, 2.75) is 32.2 Å². The zero-order valence-electron chi connectivity index (χ0n) is 24.8. The molecule has 4 heterocycles. The van der Waals surface area contributed by atoms with E-state index in [1.807, 2.05) is 29.2 Å². The zero-order valence-corrected chi connectivity index (χ0v) is 24.8. The molecular formula is C34H36FN5O4. The standard InChI is InChI=1S/C27H21FN4O3.C7H15NO/c28-20-9-18-23-26(24(20)31-6-5-15(29)11-31)35-22-8-14-7-13-3-1-2-4-16(13)17(14)10-21(22)32(23)12-19(25(18)33)27(30)34;1-2-3-8-4-6-9-7-5-8/h1-4,8-10,12,15H,5-7,11,29H2,(H2,30,34);2-7H2,1H3. The van der Waals surface area contributed by atoms with Crippen molar-refractivity contribution in [1.29, 1.82) is 0 Å². The molecule has 0 spiro atoms. The maximum atomic E-state index is 15.6. The van der Waals surface area contributed by atoms with Crippen LogP contribution in [-0.2, 0) is 11.2 Å². The summed E-state index contributed by atoms with van der Waals surface area (Å²) in [6.45, 7) is 8.64. The molecule has 4 aromatic rings. The lowest BCUT2D eigenvalue weighted by Gasteiger charge is -2.29. The van der Waals surface area contributed by atoms with Gasteiger partial charge in [0.15, 0.2) is 17.3 Å². The number of primary amides is 1. The largest absolute Gasteiger partial charge is 0.451 e. The van der Waals surface area contributed by atoms with Gasteiger partial charge in [0, 0.05) is 38.4 Å². The number of halogens is 1. The summed E-state index contributed by atoms with van der Waals surface area (Å²) in [4.78, 5) is 29.6. The molecule has 44 heavy (non-hydrogen) atoms. The highest BCUT2D eigenvalue weighted by atomic mass is 19.1.